The van der Waals surface area contributed by atoms with Crippen molar-refractivity contribution in [1.29, 1.82) is 0 Å². The number of amides is 2. The van der Waals surface area contributed by atoms with Crippen LogP contribution in [0.5, 0.6) is 5.75 Å². The van der Waals surface area contributed by atoms with Gasteiger partial charge in [-0.15, -0.1) is 0 Å². The Kier molecular flexibility index (Phi) is 6.50. The van der Waals surface area contributed by atoms with E-state index in [1.54, 1.807) is 36.4 Å². The Hall–Kier alpha value is -2.20. The van der Waals surface area contributed by atoms with Gasteiger partial charge in [-0.05, 0) is 59.1 Å². The number of halogens is 1. The lowest BCUT2D eigenvalue weighted by Crippen LogP contribution is -2.48. The van der Waals surface area contributed by atoms with Gasteiger partial charge in [0.25, 0.3) is 11.8 Å². The summed E-state index contributed by atoms with van der Waals surface area (Å²) in [5.41, 5.74) is 5.79. The lowest BCUT2D eigenvalue weighted by atomic mass is 10.2. The highest BCUT2D eigenvalue weighted by Crippen LogP contribution is 2.16. The molecule has 124 valence electrons. The van der Waals surface area contributed by atoms with Gasteiger partial charge in [0.2, 0.25) is 0 Å². The standard InChI is InChI=1S/C16H14IN3O3S/c1-23-13-9-5-3-7-11(13)14(21)18-16(24)20-19-15(22)10-6-2-4-8-12(10)17/h2-9H,1H3,(H,19,22)(H2,18,20,21,24). The number of rotatable bonds is 3. The number of carbonyl (C=O) groups is 2. The third-order valence-corrected chi connectivity index (χ3v) is 4.13. The molecule has 0 aliphatic heterocycles. The van der Waals surface area contributed by atoms with E-state index >= 15 is 0 Å². The zero-order chi connectivity index (χ0) is 17.5. The molecule has 0 aliphatic carbocycles. The van der Waals surface area contributed by atoms with Crippen LogP contribution < -0.4 is 20.9 Å². The average Bonchev–Trinajstić information content (AvgIpc) is 2.60. The van der Waals surface area contributed by atoms with E-state index in [1.165, 1.54) is 7.11 Å². The lowest BCUT2D eigenvalue weighted by Gasteiger charge is -2.12. The third kappa shape index (κ3) is 4.65. The Morgan fingerprint density at radius 1 is 0.958 bits per heavy atom. The fourth-order valence-electron chi connectivity index (χ4n) is 1.86. The molecular weight excluding hydrogens is 441 g/mol. The molecule has 6 nitrogen and oxygen atoms in total. The van der Waals surface area contributed by atoms with Gasteiger partial charge in [0.05, 0.1) is 18.2 Å². The van der Waals surface area contributed by atoms with Gasteiger partial charge in [0, 0.05) is 3.57 Å². The maximum Gasteiger partial charge on any atom is 0.270 e. The molecule has 0 fully saturated rings. The van der Waals surface area contributed by atoms with Crippen LogP contribution in [0.3, 0.4) is 0 Å². The van der Waals surface area contributed by atoms with Crippen LogP contribution >= 0.6 is 34.8 Å². The first-order chi connectivity index (χ1) is 11.5. The maximum atomic E-state index is 12.2. The van der Waals surface area contributed by atoms with Crippen molar-refractivity contribution in [3.05, 3.63) is 63.2 Å². The largest absolute Gasteiger partial charge is 0.496 e. The van der Waals surface area contributed by atoms with Crippen molar-refractivity contribution in [1.82, 2.24) is 16.2 Å². The highest BCUT2D eigenvalue weighted by molar-refractivity contribution is 14.1. The Balaban J connectivity index is 1.93. The predicted molar refractivity (Wildman–Crippen MR) is 103 cm³/mol. The summed E-state index contributed by atoms with van der Waals surface area (Å²) in [5, 5.41) is 2.45. The van der Waals surface area contributed by atoms with E-state index in [-0.39, 0.29) is 11.0 Å². The van der Waals surface area contributed by atoms with Crippen molar-refractivity contribution in [3.63, 3.8) is 0 Å². The molecule has 2 amide bonds. The number of hydrogen-bond donors (Lipinski definition) is 3. The van der Waals surface area contributed by atoms with Crippen LogP contribution in [0.2, 0.25) is 0 Å². The lowest BCUT2D eigenvalue weighted by molar-refractivity contribution is 0.0933. The van der Waals surface area contributed by atoms with E-state index in [1.807, 2.05) is 12.1 Å². The molecule has 0 radical (unpaired) electrons. The van der Waals surface area contributed by atoms with Crippen molar-refractivity contribution in [2.75, 3.05) is 7.11 Å². The Morgan fingerprint density at radius 3 is 2.25 bits per heavy atom. The van der Waals surface area contributed by atoms with Crippen molar-refractivity contribution in [2.45, 2.75) is 0 Å². The van der Waals surface area contributed by atoms with Crippen molar-refractivity contribution in [3.8, 4) is 5.75 Å². The van der Waals surface area contributed by atoms with E-state index in [9.17, 15) is 9.59 Å². The Bertz CT molecular complexity index is 783. The smallest absolute Gasteiger partial charge is 0.270 e. The summed E-state index contributed by atoms with van der Waals surface area (Å²) in [5.74, 6) is -0.358. The minimum atomic E-state index is -0.437. The Labute approximate surface area is 158 Å². The Morgan fingerprint density at radius 2 is 1.58 bits per heavy atom. The number of hydrogen-bond acceptors (Lipinski definition) is 4. The van der Waals surface area contributed by atoms with E-state index in [2.05, 4.69) is 38.8 Å². The molecular formula is C16H14IN3O3S. The van der Waals surface area contributed by atoms with Crippen LogP contribution in [-0.4, -0.2) is 24.0 Å². The molecule has 0 aliphatic rings. The van der Waals surface area contributed by atoms with E-state index in [0.29, 0.717) is 16.9 Å². The molecule has 24 heavy (non-hydrogen) atoms. The first-order valence-corrected chi connectivity index (χ1v) is 8.31. The molecule has 0 bridgehead atoms. The first-order valence-electron chi connectivity index (χ1n) is 6.82. The van der Waals surface area contributed by atoms with E-state index < -0.39 is 5.91 Å². The van der Waals surface area contributed by atoms with Crippen LogP contribution in [-0.2, 0) is 0 Å². The minimum absolute atomic E-state index is 0.0230. The summed E-state index contributed by atoms with van der Waals surface area (Å²) in [6.45, 7) is 0. The molecule has 2 rings (SSSR count). The van der Waals surface area contributed by atoms with Gasteiger partial charge in [0.1, 0.15) is 5.75 Å². The molecule has 0 aromatic heterocycles. The summed E-state index contributed by atoms with van der Waals surface area (Å²) >= 11 is 7.07. The predicted octanol–water partition coefficient (Wildman–Crippen LogP) is 2.25. The topological polar surface area (TPSA) is 79.5 Å². The van der Waals surface area contributed by atoms with Gasteiger partial charge in [0.15, 0.2) is 5.11 Å². The van der Waals surface area contributed by atoms with Crippen LogP contribution in [0.25, 0.3) is 0 Å². The summed E-state index contributed by atoms with van der Waals surface area (Å²) in [6, 6.07) is 13.9. The number of hydrazine groups is 1. The molecule has 0 saturated heterocycles. The van der Waals surface area contributed by atoms with Gasteiger partial charge in [-0.1, -0.05) is 24.3 Å². The molecule has 0 saturated carbocycles. The third-order valence-electron chi connectivity index (χ3n) is 2.99. The zero-order valence-corrected chi connectivity index (χ0v) is 15.6. The summed E-state index contributed by atoms with van der Waals surface area (Å²) in [7, 11) is 1.48. The van der Waals surface area contributed by atoms with E-state index in [4.69, 9.17) is 17.0 Å². The van der Waals surface area contributed by atoms with Crippen LogP contribution in [0.1, 0.15) is 20.7 Å². The fourth-order valence-corrected chi connectivity index (χ4v) is 2.64. The molecule has 0 unspecified atom stereocenters. The number of carbonyl (C=O) groups excluding carboxylic acids is 2. The number of methoxy groups -OCH3 is 1. The van der Waals surface area contributed by atoms with Crippen molar-refractivity contribution < 1.29 is 14.3 Å². The molecule has 8 heteroatoms. The number of benzene rings is 2. The molecule has 2 aromatic rings. The second-order valence-corrected chi connectivity index (χ2v) is 6.11. The summed E-state index contributed by atoms with van der Waals surface area (Å²) in [4.78, 5) is 24.2. The molecule has 0 atom stereocenters. The maximum absolute atomic E-state index is 12.2. The van der Waals surface area contributed by atoms with Crippen LogP contribution in [0.4, 0.5) is 0 Å². The van der Waals surface area contributed by atoms with Gasteiger partial charge in [-0.25, -0.2) is 0 Å². The van der Waals surface area contributed by atoms with Crippen molar-refractivity contribution in [2.24, 2.45) is 0 Å². The SMILES string of the molecule is COc1ccccc1C(=O)NC(=S)NNC(=O)c1ccccc1I. The second-order valence-electron chi connectivity index (χ2n) is 4.54. The molecule has 0 spiro atoms. The van der Waals surface area contributed by atoms with Crippen LogP contribution in [0.15, 0.2) is 48.5 Å². The van der Waals surface area contributed by atoms with Gasteiger partial charge in [-0.3, -0.25) is 25.8 Å². The zero-order valence-electron chi connectivity index (χ0n) is 12.6. The fraction of sp³-hybridized carbons (Fsp3) is 0.0625. The number of ether oxygens (including phenoxy) is 1. The normalized spacial score (nSPS) is 9.75. The highest BCUT2D eigenvalue weighted by atomic mass is 127. The highest BCUT2D eigenvalue weighted by Gasteiger charge is 2.14. The summed E-state index contributed by atoms with van der Waals surface area (Å²) in [6.07, 6.45) is 0. The van der Waals surface area contributed by atoms with Gasteiger partial charge in [-0.2, -0.15) is 0 Å². The number of nitrogens with one attached hydrogen (secondary N) is 3. The first kappa shape index (κ1) is 18.1. The number of para-hydroxylation sites is 1. The van der Waals surface area contributed by atoms with Crippen LogP contribution in [0, 0.1) is 3.57 Å². The van der Waals surface area contributed by atoms with E-state index in [0.717, 1.165) is 3.57 Å². The van der Waals surface area contributed by atoms with Crippen molar-refractivity contribution >= 4 is 51.7 Å². The van der Waals surface area contributed by atoms with Gasteiger partial charge >= 0.3 is 0 Å². The minimum Gasteiger partial charge on any atom is -0.496 e. The summed E-state index contributed by atoms with van der Waals surface area (Å²) < 4.78 is 5.93. The van der Waals surface area contributed by atoms with Gasteiger partial charge < -0.3 is 4.74 Å². The molecule has 2 aromatic carbocycles. The second kappa shape index (κ2) is 8.60. The quantitative estimate of drug-likeness (QED) is 0.376. The monoisotopic (exact) mass is 455 g/mol. The average molecular weight is 455 g/mol. The molecule has 3 N–H and O–H groups in total. The number of thiocarbonyl (C=S) groups is 1. The molecule has 0 heterocycles.